The molecule has 0 radical (unpaired) electrons. The molecule has 0 atom stereocenters. The summed E-state index contributed by atoms with van der Waals surface area (Å²) in [6.45, 7) is 6.56. The highest BCUT2D eigenvalue weighted by Crippen LogP contribution is 2.32. The molecule has 0 unspecified atom stereocenters. The predicted octanol–water partition coefficient (Wildman–Crippen LogP) is 1.76. The summed E-state index contributed by atoms with van der Waals surface area (Å²) in [7, 11) is 1.70. The van der Waals surface area contributed by atoms with Gasteiger partial charge in [-0.25, -0.2) is 0 Å². The van der Waals surface area contributed by atoms with E-state index >= 15 is 0 Å². The van der Waals surface area contributed by atoms with E-state index in [1.807, 2.05) is 18.7 Å². The van der Waals surface area contributed by atoms with Crippen molar-refractivity contribution < 1.29 is 19.1 Å². The number of carbonyl (C=O) groups is 3. The molecule has 2 aliphatic rings. The average Bonchev–Trinajstić information content (AvgIpc) is 2.79. The van der Waals surface area contributed by atoms with Crippen molar-refractivity contribution in [1.82, 2.24) is 9.80 Å². The van der Waals surface area contributed by atoms with Crippen molar-refractivity contribution in [2.75, 3.05) is 44.7 Å². The molecule has 1 fully saturated rings. The quantitative estimate of drug-likeness (QED) is 0.810. The molecular formula is C20H27N3O4. The van der Waals surface area contributed by atoms with Gasteiger partial charge in [0.1, 0.15) is 5.75 Å². The fourth-order valence-corrected chi connectivity index (χ4v) is 3.40. The standard InChI is InChI=1S/C20H27N3O4/c1-14(2)12-19(25)22-7-9-23(10-8-22)20(26)15-4-5-17-16(13-15)21(3)18(24)6-11-27-17/h4-5,13-14H,6-12H2,1-3H3. The maximum Gasteiger partial charge on any atom is 0.254 e. The zero-order valence-corrected chi connectivity index (χ0v) is 16.2. The van der Waals surface area contributed by atoms with Crippen molar-refractivity contribution in [3.05, 3.63) is 23.8 Å². The highest BCUT2D eigenvalue weighted by atomic mass is 16.5. The number of piperazine rings is 1. The van der Waals surface area contributed by atoms with Crippen LogP contribution in [0.4, 0.5) is 5.69 Å². The molecular weight excluding hydrogens is 346 g/mol. The molecule has 2 aliphatic heterocycles. The summed E-state index contributed by atoms with van der Waals surface area (Å²) < 4.78 is 5.61. The number of fused-ring (bicyclic) bond motifs is 1. The van der Waals surface area contributed by atoms with E-state index in [9.17, 15) is 14.4 Å². The summed E-state index contributed by atoms with van der Waals surface area (Å²) >= 11 is 0. The van der Waals surface area contributed by atoms with Crippen LogP contribution in [0, 0.1) is 5.92 Å². The lowest BCUT2D eigenvalue weighted by molar-refractivity contribution is -0.133. The first kappa shape index (κ1) is 19.2. The lowest BCUT2D eigenvalue weighted by Crippen LogP contribution is -2.50. The third kappa shape index (κ3) is 4.23. The van der Waals surface area contributed by atoms with Gasteiger partial charge >= 0.3 is 0 Å². The van der Waals surface area contributed by atoms with E-state index in [2.05, 4.69) is 0 Å². The topological polar surface area (TPSA) is 70.2 Å². The lowest BCUT2D eigenvalue weighted by Gasteiger charge is -2.35. The molecule has 0 N–H and O–H groups in total. The van der Waals surface area contributed by atoms with Crippen molar-refractivity contribution >= 4 is 23.4 Å². The Balaban J connectivity index is 1.68. The average molecular weight is 373 g/mol. The molecule has 7 heteroatoms. The van der Waals surface area contributed by atoms with Crippen LogP contribution in [-0.4, -0.2) is 67.4 Å². The summed E-state index contributed by atoms with van der Waals surface area (Å²) in [5, 5.41) is 0. The van der Waals surface area contributed by atoms with Crippen molar-refractivity contribution in [1.29, 1.82) is 0 Å². The van der Waals surface area contributed by atoms with Crippen LogP contribution in [-0.2, 0) is 9.59 Å². The molecule has 0 bridgehead atoms. The van der Waals surface area contributed by atoms with Gasteiger partial charge in [0.15, 0.2) is 0 Å². The molecule has 1 aromatic rings. The molecule has 2 heterocycles. The number of benzene rings is 1. The second-order valence-electron chi connectivity index (χ2n) is 7.50. The van der Waals surface area contributed by atoms with E-state index in [0.717, 1.165) is 0 Å². The highest BCUT2D eigenvalue weighted by Gasteiger charge is 2.27. The molecule has 1 aromatic carbocycles. The first-order chi connectivity index (χ1) is 12.9. The van der Waals surface area contributed by atoms with Gasteiger partial charge in [0.25, 0.3) is 5.91 Å². The van der Waals surface area contributed by atoms with E-state index in [0.29, 0.717) is 68.5 Å². The summed E-state index contributed by atoms with van der Waals surface area (Å²) in [5.41, 5.74) is 1.15. The van der Waals surface area contributed by atoms with Crippen LogP contribution >= 0.6 is 0 Å². The Hall–Kier alpha value is -2.57. The third-order valence-corrected chi connectivity index (χ3v) is 5.02. The molecule has 3 amide bonds. The molecule has 146 valence electrons. The van der Waals surface area contributed by atoms with Crippen molar-refractivity contribution in [2.24, 2.45) is 5.92 Å². The van der Waals surface area contributed by atoms with Gasteiger partial charge in [-0.2, -0.15) is 0 Å². The minimum atomic E-state index is -0.0844. The second-order valence-corrected chi connectivity index (χ2v) is 7.50. The molecule has 0 saturated carbocycles. The van der Waals surface area contributed by atoms with Gasteiger partial charge < -0.3 is 19.4 Å². The first-order valence-corrected chi connectivity index (χ1v) is 9.47. The van der Waals surface area contributed by atoms with Gasteiger partial charge in [-0.3, -0.25) is 14.4 Å². The Morgan fingerprint density at radius 1 is 1.11 bits per heavy atom. The maximum atomic E-state index is 12.9. The number of hydrogen-bond acceptors (Lipinski definition) is 4. The van der Waals surface area contributed by atoms with Gasteiger partial charge in [0.05, 0.1) is 18.7 Å². The Labute approximate surface area is 159 Å². The normalized spacial score (nSPS) is 17.5. The van der Waals surface area contributed by atoms with Crippen molar-refractivity contribution in [3.8, 4) is 5.75 Å². The zero-order valence-electron chi connectivity index (χ0n) is 16.2. The number of anilines is 1. The van der Waals surface area contributed by atoms with Crippen LogP contribution in [0.3, 0.4) is 0 Å². The van der Waals surface area contributed by atoms with Crippen LogP contribution in [0.1, 0.15) is 37.0 Å². The third-order valence-electron chi connectivity index (χ3n) is 5.02. The summed E-state index contributed by atoms with van der Waals surface area (Å²) in [4.78, 5) is 42.3. The number of carbonyl (C=O) groups excluding carboxylic acids is 3. The van der Waals surface area contributed by atoms with Gasteiger partial charge in [-0.05, 0) is 24.1 Å². The van der Waals surface area contributed by atoms with Crippen LogP contribution < -0.4 is 9.64 Å². The Bertz CT molecular complexity index is 739. The second kappa shape index (κ2) is 7.98. The molecule has 7 nitrogen and oxygen atoms in total. The largest absolute Gasteiger partial charge is 0.491 e. The Morgan fingerprint density at radius 3 is 2.44 bits per heavy atom. The van der Waals surface area contributed by atoms with E-state index in [-0.39, 0.29) is 17.7 Å². The summed E-state index contributed by atoms with van der Waals surface area (Å²) in [5.74, 6) is 0.983. The minimum absolute atomic E-state index is 0.0318. The Kier molecular flexibility index (Phi) is 5.68. The van der Waals surface area contributed by atoms with E-state index in [1.54, 1.807) is 35.0 Å². The SMILES string of the molecule is CC(C)CC(=O)N1CCN(C(=O)c2ccc3c(c2)N(C)C(=O)CCO3)CC1. The molecule has 1 saturated heterocycles. The van der Waals surface area contributed by atoms with E-state index in [1.165, 1.54) is 0 Å². The number of hydrogen-bond donors (Lipinski definition) is 0. The Morgan fingerprint density at radius 2 is 1.78 bits per heavy atom. The lowest BCUT2D eigenvalue weighted by atomic mass is 10.1. The fraction of sp³-hybridized carbons (Fsp3) is 0.550. The van der Waals surface area contributed by atoms with Crippen LogP contribution in [0.5, 0.6) is 5.75 Å². The summed E-state index contributed by atoms with van der Waals surface area (Å²) in [6, 6.07) is 5.21. The molecule has 0 spiro atoms. The smallest absolute Gasteiger partial charge is 0.254 e. The molecule has 0 aliphatic carbocycles. The van der Waals surface area contributed by atoms with Crippen LogP contribution in [0.25, 0.3) is 0 Å². The van der Waals surface area contributed by atoms with Crippen molar-refractivity contribution in [2.45, 2.75) is 26.7 Å². The number of nitrogens with zero attached hydrogens (tertiary/aromatic N) is 3. The number of amides is 3. The van der Waals surface area contributed by atoms with Crippen molar-refractivity contribution in [3.63, 3.8) is 0 Å². The van der Waals surface area contributed by atoms with Gasteiger partial charge in [-0.15, -0.1) is 0 Å². The number of rotatable bonds is 3. The zero-order chi connectivity index (χ0) is 19.6. The highest BCUT2D eigenvalue weighted by molar-refractivity contribution is 5.99. The fourth-order valence-electron chi connectivity index (χ4n) is 3.40. The predicted molar refractivity (Wildman–Crippen MR) is 102 cm³/mol. The summed E-state index contributed by atoms with van der Waals surface area (Å²) in [6.07, 6.45) is 0.861. The first-order valence-electron chi connectivity index (χ1n) is 9.47. The molecule has 3 rings (SSSR count). The van der Waals surface area contributed by atoms with E-state index < -0.39 is 0 Å². The van der Waals surface area contributed by atoms with Gasteiger partial charge in [0.2, 0.25) is 11.8 Å². The molecule has 27 heavy (non-hydrogen) atoms. The number of ether oxygens (including phenoxy) is 1. The van der Waals surface area contributed by atoms with E-state index in [4.69, 9.17) is 4.74 Å². The van der Waals surface area contributed by atoms with Gasteiger partial charge in [0, 0.05) is 45.2 Å². The molecule has 0 aromatic heterocycles. The van der Waals surface area contributed by atoms with Gasteiger partial charge in [-0.1, -0.05) is 13.8 Å². The van der Waals surface area contributed by atoms with Crippen LogP contribution in [0.15, 0.2) is 18.2 Å². The minimum Gasteiger partial charge on any atom is -0.491 e. The maximum absolute atomic E-state index is 12.9. The van der Waals surface area contributed by atoms with Crippen LogP contribution in [0.2, 0.25) is 0 Å². The monoisotopic (exact) mass is 373 g/mol.